The number of nitrogens with zero attached hydrogens (tertiary/aromatic N) is 2. The summed E-state index contributed by atoms with van der Waals surface area (Å²) in [5.41, 5.74) is 8.04. The van der Waals surface area contributed by atoms with Crippen LogP contribution in [-0.2, 0) is 6.54 Å². The topological polar surface area (TPSA) is 42.1 Å². The summed E-state index contributed by atoms with van der Waals surface area (Å²) in [6.07, 6.45) is 2.13. The van der Waals surface area contributed by atoms with Gasteiger partial charge in [-0.25, -0.2) is 4.98 Å². The van der Waals surface area contributed by atoms with Crippen LogP contribution in [0.5, 0.6) is 0 Å². The van der Waals surface area contributed by atoms with Crippen molar-refractivity contribution in [2.24, 2.45) is 5.73 Å². The van der Waals surface area contributed by atoms with Gasteiger partial charge in [0.1, 0.15) is 5.82 Å². The summed E-state index contributed by atoms with van der Waals surface area (Å²) < 4.78 is 0. The Labute approximate surface area is 119 Å². The molecular formula is C15H21N3S. The lowest BCUT2D eigenvalue weighted by Gasteiger charge is -2.26. The van der Waals surface area contributed by atoms with Crippen LogP contribution in [0, 0.1) is 0 Å². The van der Waals surface area contributed by atoms with Crippen LogP contribution in [0.4, 0.5) is 5.82 Å². The zero-order valence-corrected chi connectivity index (χ0v) is 12.6. The van der Waals surface area contributed by atoms with E-state index < -0.39 is 0 Å². The number of hydrogen-bond donors (Lipinski definition) is 1. The molecule has 0 saturated carbocycles. The Bertz CT molecular complexity index is 556. The first-order valence-electron chi connectivity index (χ1n) is 6.48. The molecule has 0 bridgehead atoms. The summed E-state index contributed by atoms with van der Waals surface area (Å²) >= 11 is 1.85. The molecule has 0 aliphatic heterocycles. The maximum absolute atomic E-state index is 5.87. The number of benzene rings is 1. The number of thioether (sulfide) groups is 1. The molecule has 0 aliphatic carbocycles. The number of pyridine rings is 1. The van der Waals surface area contributed by atoms with Crippen molar-refractivity contribution in [2.45, 2.75) is 19.5 Å². The van der Waals surface area contributed by atoms with E-state index in [4.69, 9.17) is 10.7 Å². The molecule has 1 aromatic carbocycles. The lowest BCUT2D eigenvalue weighted by atomic mass is 10.1. The van der Waals surface area contributed by atoms with E-state index in [-0.39, 0.29) is 0 Å². The molecule has 4 heteroatoms. The van der Waals surface area contributed by atoms with E-state index in [1.54, 1.807) is 0 Å². The van der Waals surface area contributed by atoms with E-state index in [0.29, 0.717) is 12.6 Å². The van der Waals surface area contributed by atoms with Crippen LogP contribution in [0.3, 0.4) is 0 Å². The first kappa shape index (κ1) is 14.2. The molecule has 0 aliphatic rings. The number of anilines is 1. The van der Waals surface area contributed by atoms with Gasteiger partial charge in [-0.15, -0.1) is 0 Å². The highest BCUT2D eigenvalue weighted by Crippen LogP contribution is 2.23. The third kappa shape index (κ3) is 3.01. The van der Waals surface area contributed by atoms with Gasteiger partial charge in [0.05, 0.1) is 5.52 Å². The molecule has 2 rings (SSSR count). The number of rotatable bonds is 5. The van der Waals surface area contributed by atoms with Gasteiger partial charge in [0.15, 0.2) is 0 Å². The Kier molecular flexibility index (Phi) is 4.66. The summed E-state index contributed by atoms with van der Waals surface area (Å²) in [6, 6.07) is 10.7. The lowest BCUT2D eigenvalue weighted by molar-refractivity contribution is 0.754. The van der Waals surface area contributed by atoms with Crippen LogP contribution >= 0.6 is 11.8 Å². The van der Waals surface area contributed by atoms with Crippen LogP contribution < -0.4 is 10.6 Å². The van der Waals surface area contributed by atoms with Gasteiger partial charge in [-0.3, -0.25) is 0 Å². The molecule has 102 valence electrons. The fourth-order valence-corrected chi connectivity index (χ4v) is 2.87. The molecule has 0 saturated heterocycles. The summed E-state index contributed by atoms with van der Waals surface area (Å²) in [5.74, 6) is 2.09. The summed E-state index contributed by atoms with van der Waals surface area (Å²) in [4.78, 5) is 6.97. The van der Waals surface area contributed by atoms with E-state index in [1.165, 1.54) is 0 Å². The molecule has 0 fully saturated rings. The Morgan fingerprint density at radius 3 is 2.79 bits per heavy atom. The van der Waals surface area contributed by atoms with Gasteiger partial charge < -0.3 is 10.6 Å². The number of para-hydroxylation sites is 1. The maximum Gasteiger partial charge on any atom is 0.129 e. The second kappa shape index (κ2) is 6.26. The molecule has 0 spiro atoms. The minimum absolute atomic E-state index is 0.453. The normalized spacial score (nSPS) is 12.6. The number of nitrogens with two attached hydrogens (primary N) is 1. The zero-order valence-electron chi connectivity index (χ0n) is 11.8. The molecule has 1 aromatic heterocycles. The second-order valence-corrected chi connectivity index (χ2v) is 5.69. The van der Waals surface area contributed by atoms with Crippen LogP contribution in [-0.4, -0.2) is 30.1 Å². The van der Waals surface area contributed by atoms with E-state index in [9.17, 15) is 0 Å². The van der Waals surface area contributed by atoms with E-state index in [1.807, 2.05) is 30.0 Å². The quantitative estimate of drug-likeness (QED) is 0.911. The van der Waals surface area contributed by atoms with E-state index >= 15 is 0 Å². The summed E-state index contributed by atoms with van der Waals surface area (Å²) in [5, 5.41) is 1.15. The fraction of sp³-hybridized carbons (Fsp3) is 0.400. The van der Waals surface area contributed by atoms with Crippen molar-refractivity contribution in [3.8, 4) is 0 Å². The highest BCUT2D eigenvalue weighted by molar-refractivity contribution is 7.98. The Morgan fingerprint density at radius 2 is 2.11 bits per heavy atom. The average molecular weight is 275 g/mol. The molecule has 0 amide bonds. The third-order valence-electron chi connectivity index (χ3n) is 3.44. The SMILES string of the molecule is CSCC(C)N(C)c1cc(CN)c2ccccc2n1. The predicted molar refractivity (Wildman–Crippen MR) is 85.9 cm³/mol. The predicted octanol–water partition coefficient (Wildman–Crippen LogP) is 2.88. The first-order chi connectivity index (χ1) is 9.17. The summed E-state index contributed by atoms with van der Waals surface area (Å²) in [6.45, 7) is 2.76. The van der Waals surface area contributed by atoms with Gasteiger partial charge in [0, 0.05) is 30.8 Å². The first-order valence-corrected chi connectivity index (χ1v) is 7.87. The van der Waals surface area contributed by atoms with Crippen LogP contribution in [0.25, 0.3) is 10.9 Å². The smallest absolute Gasteiger partial charge is 0.129 e. The number of fused-ring (bicyclic) bond motifs is 1. The van der Waals surface area contributed by atoms with Crippen molar-refractivity contribution in [3.05, 3.63) is 35.9 Å². The van der Waals surface area contributed by atoms with Crippen LogP contribution in [0.2, 0.25) is 0 Å². The molecule has 1 unspecified atom stereocenters. The van der Waals surface area contributed by atoms with E-state index in [0.717, 1.165) is 28.0 Å². The van der Waals surface area contributed by atoms with Gasteiger partial charge in [-0.1, -0.05) is 18.2 Å². The maximum atomic E-state index is 5.87. The van der Waals surface area contributed by atoms with E-state index in [2.05, 4.69) is 37.3 Å². The Balaban J connectivity index is 2.44. The van der Waals surface area contributed by atoms with Gasteiger partial charge in [0.2, 0.25) is 0 Å². The van der Waals surface area contributed by atoms with Crippen molar-refractivity contribution in [3.63, 3.8) is 0 Å². The molecule has 2 aromatic rings. The van der Waals surface area contributed by atoms with Crippen LogP contribution in [0.1, 0.15) is 12.5 Å². The number of hydrogen-bond acceptors (Lipinski definition) is 4. The standard InChI is InChI=1S/C15H21N3S/c1-11(10-19-3)18(2)15-8-12(9-16)13-6-4-5-7-14(13)17-15/h4-8,11H,9-10,16H2,1-3H3. The Hall–Kier alpha value is -1.26. The van der Waals surface area contributed by atoms with Crippen molar-refractivity contribution < 1.29 is 0 Å². The largest absolute Gasteiger partial charge is 0.356 e. The molecule has 19 heavy (non-hydrogen) atoms. The molecule has 0 radical (unpaired) electrons. The number of aromatic nitrogens is 1. The molecule has 3 nitrogen and oxygen atoms in total. The van der Waals surface area contributed by atoms with Gasteiger partial charge in [-0.2, -0.15) is 11.8 Å². The summed E-state index contributed by atoms with van der Waals surface area (Å²) in [7, 11) is 2.10. The monoisotopic (exact) mass is 275 g/mol. The highest BCUT2D eigenvalue weighted by atomic mass is 32.2. The van der Waals surface area contributed by atoms with Crippen molar-refractivity contribution in [1.29, 1.82) is 0 Å². The van der Waals surface area contributed by atoms with Crippen molar-refractivity contribution in [2.75, 3.05) is 24.0 Å². The van der Waals surface area contributed by atoms with Crippen molar-refractivity contribution in [1.82, 2.24) is 4.98 Å². The lowest BCUT2D eigenvalue weighted by Crippen LogP contribution is -2.31. The molecule has 2 N–H and O–H groups in total. The van der Waals surface area contributed by atoms with Crippen molar-refractivity contribution >= 4 is 28.5 Å². The minimum atomic E-state index is 0.453. The van der Waals surface area contributed by atoms with Gasteiger partial charge in [0.25, 0.3) is 0 Å². The average Bonchev–Trinajstić information content (AvgIpc) is 2.45. The Morgan fingerprint density at radius 1 is 1.37 bits per heavy atom. The zero-order chi connectivity index (χ0) is 13.8. The molecular weight excluding hydrogens is 254 g/mol. The van der Waals surface area contributed by atoms with Gasteiger partial charge in [-0.05, 0) is 30.9 Å². The second-order valence-electron chi connectivity index (χ2n) is 4.78. The molecule has 1 heterocycles. The van der Waals surface area contributed by atoms with Gasteiger partial charge >= 0.3 is 0 Å². The minimum Gasteiger partial charge on any atom is -0.356 e. The molecule has 1 atom stereocenters. The highest BCUT2D eigenvalue weighted by Gasteiger charge is 2.13. The third-order valence-corrected chi connectivity index (χ3v) is 4.25. The fourth-order valence-electron chi connectivity index (χ4n) is 2.16. The van der Waals surface area contributed by atoms with Crippen LogP contribution in [0.15, 0.2) is 30.3 Å².